The molecule has 0 saturated heterocycles. The lowest BCUT2D eigenvalue weighted by molar-refractivity contribution is 0.0928. The van der Waals surface area contributed by atoms with Gasteiger partial charge in [0.25, 0.3) is 0 Å². The van der Waals surface area contributed by atoms with Crippen LogP contribution in [0.2, 0.25) is 0 Å². The minimum absolute atomic E-state index is 0.524. The van der Waals surface area contributed by atoms with Crippen LogP contribution >= 0.6 is 0 Å². The molecule has 4 atom stereocenters. The Morgan fingerprint density at radius 3 is 2.15 bits per heavy atom. The van der Waals surface area contributed by atoms with E-state index in [1.54, 1.807) is 0 Å². The van der Waals surface area contributed by atoms with Crippen molar-refractivity contribution in [1.29, 1.82) is 0 Å². The molecule has 3 rings (SSSR count). The molecule has 3 saturated carbocycles. The second-order valence-corrected chi connectivity index (χ2v) is 8.14. The largest absolute Gasteiger partial charge is 0.327 e. The van der Waals surface area contributed by atoms with Crippen LogP contribution in [-0.2, 0) is 0 Å². The van der Waals surface area contributed by atoms with Crippen molar-refractivity contribution in [2.75, 3.05) is 0 Å². The molecule has 3 fully saturated rings. The molecule has 0 aromatic carbocycles. The van der Waals surface area contributed by atoms with Gasteiger partial charge in [-0.2, -0.15) is 0 Å². The van der Waals surface area contributed by atoms with Gasteiger partial charge in [0, 0.05) is 6.04 Å². The summed E-state index contributed by atoms with van der Waals surface area (Å²) >= 11 is 0. The Morgan fingerprint density at radius 2 is 1.45 bits per heavy atom. The highest BCUT2D eigenvalue weighted by atomic mass is 14.7. The number of hydrogen-bond acceptors (Lipinski definition) is 1. The third-order valence-electron chi connectivity index (χ3n) is 7.14. The predicted molar refractivity (Wildman–Crippen MR) is 86.5 cm³/mol. The third kappa shape index (κ3) is 3.24. The standard InChI is InChI=1S/C19H35N/c1-2-14-7-9-16(10-8-14)19(20)18-12-11-15-5-3-4-6-17(15)13-18/h14-19H,2-13,20H2,1H3. The summed E-state index contributed by atoms with van der Waals surface area (Å²) in [6, 6.07) is 0.524. The average Bonchev–Trinajstić information content (AvgIpc) is 2.54. The van der Waals surface area contributed by atoms with Crippen LogP contribution in [-0.4, -0.2) is 6.04 Å². The highest BCUT2D eigenvalue weighted by Crippen LogP contribution is 2.45. The van der Waals surface area contributed by atoms with E-state index in [2.05, 4.69) is 6.92 Å². The van der Waals surface area contributed by atoms with Crippen molar-refractivity contribution in [2.24, 2.45) is 35.3 Å². The van der Waals surface area contributed by atoms with Crippen LogP contribution in [0.4, 0.5) is 0 Å². The van der Waals surface area contributed by atoms with E-state index in [1.807, 2.05) is 0 Å². The molecule has 0 aromatic rings. The smallest absolute Gasteiger partial charge is 0.00957 e. The van der Waals surface area contributed by atoms with E-state index in [9.17, 15) is 0 Å². The van der Waals surface area contributed by atoms with Crippen LogP contribution in [0, 0.1) is 29.6 Å². The van der Waals surface area contributed by atoms with Crippen molar-refractivity contribution in [3.8, 4) is 0 Å². The van der Waals surface area contributed by atoms with E-state index >= 15 is 0 Å². The van der Waals surface area contributed by atoms with Crippen LogP contribution < -0.4 is 5.73 Å². The van der Waals surface area contributed by atoms with Gasteiger partial charge in [-0.1, -0.05) is 51.9 Å². The Bertz CT molecular complexity index is 292. The van der Waals surface area contributed by atoms with Gasteiger partial charge in [0.05, 0.1) is 0 Å². The Morgan fingerprint density at radius 1 is 0.800 bits per heavy atom. The first-order valence-corrected chi connectivity index (χ1v) is 9.53. The van der Waals surface area contributed by atoms with Gasteiger partial charge in [-0.05, 0) is 61.7 Å². The highest BCUT2D eigenvalue weighted by molar-refractivity contribution is 4.90. The molecule has 4 unspecified atom stereocenters. The topological polar surface area (TPSA) is 26.0 Å². The summed E-state index contributed by atoms with van der Waals surface area (Å²) in [5.41, 5.74) is 6.73. The summed E-state index contributed by atoms with van der Waals surface area (Å²) in [4.78, 5) is 0. The fraction of sp³-hybridized carbons (Fsp3) is 1.00. The van der Waals surface area contributed by atoms with E-state index in [-0.39, 0.29) is 0 Å². The Kier molecular flexibility index (Phi) is 5.07. The van der Waals surface area contributed by atoms with Gasteiger partial charge in [-0.25, -0.2) is 0 Å². The monoisotopic (exact) mass is 277 g/mol. The van der Waals surface area contributed by atoms with Crippen LogP contribution in [0.1, 0.15) is 84.0 Å². The fourth-order valence-electron chi connectivity index (χ4n) is 5.63. The summed E-state index contributed by atoms with van der Waals surface area (Å²) in [6.07, 6.45) is 17.6. The van der Waals surface area contributed by atoms with E-state index in [0.29, 0.717) is 6.04 Å². The van der Waals surface area contributed by atoms with Gasteiger partial charge in [0.1, 0.15) is 0 Å². The summed E-state index contributed by atoms with van der Waals surface area (Å²) in [7, 11) is 0. The van der Waals surface area contributed by atoms with Gasteiger partial charge in [0.2, 0.25) is 0 Å². The summed E-state index contributed by atoms with van der Waals surface area (Å²) in [5.74, 6) is 4.83. The van der Waals surface area contributed by atoms with Crippen LogP contribution in [0.25, 0.3) is 0 Å². The van der Waals surface area contributed by atoms with Crippen molar-refractivity contribution >= 4 is 0 Å². The molecule has 0 aliphatic heterocycles. The summed E-state index contributed by atoms with van der Waals surface area (Å²) in [6.45, 7) is 2.36. The molecule has 3 aliphatic rings. The normalized spacial score (nSPS) is 43.8. The van der Waals surface area contributed by atoms with E-state index < -0.39 is 0 Å². The van der Waals surface area contributed by atoms with Gasteiger partial charge in [-0.15, -0.1) is 0 Å². The fourth-order valence-corrected chi connectivity index (χ4v) is 5.63. The maximum Gasteiger partial charge on any atom is 0.00957 e. The van der Waals surface area contributed by atoms with E-state index in [4.69, 9.17) is 5.73 Å². The lowest BCUT2D eigenvalue weighted by atomic mass is 9.63. The predicted octanol–water partition coefficient (Wildman–Crippen LogP) is 5.14. The number of nitrogens with two attached hydrogens (primary N) is 1. The molecule has 0 heterocycles. The Labute approximate surface area is 126 Å². The Hall–Kier alpha value is -0.0400. The van der Waals surface area contributed by atoms with E-state index in [0.717, 1.165) is 29.6 Å². The van der Waals surface area contributed by atoms with Gasteiger partial charge >= 0.3 is 0 Å². The zero-order chi connectivity index (χ0) is 13.9. The van der Waals surface area contributed by atoms with Crippen LogP contribution in [0.5, 0.6) is 0 Å². The molecule has 0 radical (unpaired) electrons. The molecule has 116 valence electrons. The molecular weight excluding hydrogens is 242 g/mol. The first-order chi connectivity index (χ1) is 9.78. The van der Waals surface area contributed by atoms with Crippen LogP contribution in [0.15, 0.2) is 0 Å². The maximum atomic E-state index is 6.73. The Balaban J connectivity index is 1.51. The second-order valence-electron chi connectivity index (χ2n) is 8.14. The van der Waals surface area contributed by atoms with Gasteiger partial charge in [-0.3, -0.25) is 0 Å². The molecule has 0 spiro atoms. The minimum atomic E-state index is 0.524. The quantitative estimate of drug-likeness (QED) is 0.759. The first-order valence-electron chi connectivity index (χ1n) is 9.53. The zero-order valence-electron chi connectivity index (χ0n) is 13.5. The lowest BCUT2D eigenvalue weighted by Crippen LogP contribution is -2.43. The summed E-state index contributed by atoms with van der Waals surface area (Å²) in [5, 5.41) is 0. The summed E-state index contributed by atoms with van der Waals surface area (Å²) < 4.78 is 0. The lowest BCUT2D eigenvalue weighted by Gasteiger charge is -2.44. The van der Waals surface area contributed by atoms with Gasteiger partial charge < -0.3 is 5.73 Å². The third-order valence-corrected chi connectivity index (χ3v) is 7.14. The molecule has 3 aliphatic carbocycles. The molecule has 0 amide bonds. The highest BCUT2D eigenvalue weighted by Gasteiger charge is 2.37. The zero-order valence-corrected chi connectivity index (χ0v) is 13.5. The molecule has 1 heteroatoms. The van der Waals surface area contributed by atoms with Crippen molar-refractivity contribution in [2.45, 2.75) is 90.0 Å². The molecule has 2 N–H and O–H groups in total. The number of hydrogen-bond donors (Lipinski definition) is 1. The molecular formula is C19H35N. The average molecular weight is 277 g/mol. The molecule has 1 nitrogen and oxygen atoms in total. The molecule has 20 heavy (non-hydrogen) atoms. The second kappa shape index (κ2) is 6.81. The number of fused-ring (bicyclic) bond motifs is 1. The first kappa shape index (κ1) is 14.9. The van der Waals surface area contributed by atoms with Crippen molar-refractivity contribution in [3.05, 3.63) is 0 Å². The van der Waals surface area contributed by atoms with E-state index in [1.165, 1.54) is 77.0 Å². The SMILES string of the molecule is CCC1CCC(C(N)C2CCC3CCCCC3C2)CC1. The number of rotatable bonds is 3. The van der Waals surface area contributed by atoms with Gasteiger partial charge in [0.15, 0.2) is 0 Å². The van der Waals surface area contributed by atoms with Crippen molar-refractivity contribution in [1.82, 2.24) is 0 Å². The molecule has 0 aromatic heterocycles. The minimum Gasteiger partial charge on any atom is -0.327 e. The maximum absolute atomic E-state index is 6.73. The molecule has 0 bridgehead atoms. The van der Waals surface area contributed by atoms with Crippen LogP contribution in [0.3, 0.4) is 0 Å². The van der Waals surface area contributed by atoms with Crippen molar-refractivity contribution in [3.63, 3.8) is 0 Å². The van der Waals surface area contributed by atoms with Crippen molar-refractivity contribution < 1.29 is 0 Å².